The van der Waals surface area contributed by atoms with Crippen molar-refractivity contribution in [1.82, 2.24) is 34.9 Å². The maximum Gasteiger partial charge on any atom is 0.191 e. The van der Waals surface area contributed by atoms with Gasteiger partial charge in [-0.15, -0.1) is 0 Å². The smallest absolute Gasteiger partial charge is 0.191 e. The van der Waals surface area contributed by atoms with Crippen LogP contribution >= 0.6 is 0 Å². The van der Waals surface area contributed by atoms with Crippen molar-refractivity contribution in [1.29, 1.82) is 0 Å². The van der Waals surface area contributed by atoms with E-state index in [9.17, 15) is 0 Å². The van der Waals surface area contributed by atoms with Crippen LogP contribution in [0.15, 0.2) is 41.7 Å². The molecule has 9 heteroatoms. The van der Waals surface area contributed by atoms with Gasteiger partial charge in [0.1, 0.15) is 18.3 Å². The van der Waals surface area contributed by atoms with Crippen LogP contribution < -0.4 is 10.6 Å². The molecule has 4 rings (SSSR count). The number of hydrogen-bond acceptors (Lipinski definition) is 5. The van der Waals surface area contributed by atoms with Crippen molar-refractivity contribution in [3.63, 3.8) is 0 Å². The lowest BCUT2D eigenvalue weighted by molar-refractivity contribution is 0.177. The number of fused-ring (bicyclic) bond motifs is 1. The van der Waals surface area contributed by atoms with Crippen LogP contribution in [0.2, 0.25) is 0 Å². The molecule has 1 aromatic carbocycles. The van der Waals surface area contributed by atoms with Crippen molar-refractivity contribution >= 4 is 5.96 Å². The monoisotopic (exact) mass is 436 g/mol. The fourth-order valence-electron chi connectivity index (χ4n) is 3.95. The third-order valence-corrected chi connectivity index (χ3v) is 5.55. The van der Waals surface area contributed by atoms with E-state index in [2.05, 4.69) is 61.5 Å². The summed E-state index contributed by atoms with van der Waals surface area (Å²) in [6, 6.07) is 8.83. The minimum absolute atomic E-state index is 0.257. The molecule has 0 spiro atoms. The molecular weight excluding hydrogens is 404 g/mol. The molecule has 0 aliphatic carbocycles. The van der Waals surface area contributed by atoms with Crippen LogP contribution in [-0.4, -0.2) is 50.0 Å². The van der Waals surface area contributed by atoms with Crippen molar-refractivity contribution in [3.05, 3.63) is 65.3 Å². The summed E-state index contributed by atoms with van der Waals surface area (Å²) in [5.74, 6) is 3.62. The molecule has 170 valence electrons. The summed E-state index contributed by atoms with van der Waals surface area (Å²) in [5, 5.41) is 11.5. The van der Waals surface area contributed by atoms with Gasteiger partial charge in [-0.25, -0.2) is 19.6 Å². The summed E-state index contributed by atoms with van der Waals surface area (Å²) >= 11 is 0. The molecule has 1 atom stereocenters. The Hall–Kier alpha value is -3.20. The fourth-order valence-corrected chi connectivity index (χ4v) is 3.95. The van der Waals surface area contributed by atoms with E-state index in [1.54, 1.807) is 7.11 Å². The number of nitrogens with zero attached hydrogens (tertiary/aromatic N) is 6. The van der Waals surface area contributed by atoms with Crippen LogP contribution in [-0.2, 0) is 37.4 Å². The molecule has 0 saturated carbocycles. The molecule has 1 unspecified atom stereocenters. The second-order valence-electron chi connectivity index (χ2n) is 8.06. The lowest BCUT2D eigenvalue weighted by atomic mass is 10.1. The van der Waals surface area contributed by atoms with E-state index >= 15 is 0 Å². The SMILES string of the molecule is CCNC(=NCc1cccc(Cn2ccnc2C)c1)NC1CCc2nc(COC)nn2C1. The zero-order valence-corrected chi connectivity index (χ0v) is 19.1. The Morgan fingerprint density at radius 3 is 2.97 bits per heavy atom. The Bertz CT molecular complexity index is 1050. The number of nitrogens with one attached hydrogen (secondary N) is 2. The maximum atomic E-state index is 5.16. The quantitative estimate of drug-likeness (QED) is 0.415. The van der Waals surface area contributed by atoms with Gasteiger partial charge in [-0.1, -0.05) is 24.3 Å². The Balaban J connectivity index is 1.39. The Kier molecular flexibility index (Phi) is 7.16. The number of methoxy groups -OCH3 is 1. The predicted molar refractivity (Wildman–Crippen MR) is 123 cm³/mol. The summed E-state index contributed by atoms with van der Waals surface area (Å²) in [6.45, 7) is 7.57. The second-order valence-corrected chi connectivity index (χ2v) is 8.06. The average molecular weight is 437 g/mol. The molecule has 1 aliphatic heterocycles. The molecule has 9 nitrogen and oxygen atoms in total. The van der Waals surface area contributed by atoms with E-state index in [1.807, 2.05) is 24.0 Å². The van der Waals surface area contributed by atoms with E-state index in [0.29, 0.717) is 13.2 Å². The summed E-state index contributed by atoms with van der Waals surface area (Å²) in [4.78, 5) is 13.7. The fraction of sp³-hybridized carbons (Fsp3) is 0.478. The van der Waals surface area contributed by atoms with Crippen LogP contribution in [0.1, 0.15) is 41.9 Å². The highest BCUT2D eigenvalue weighted by Gasteiger charge is 2.22. The Morgan fingerprint density at radius 2 is 2.19 bits per heavy atom. The van der Waals surface area contributed by atoms with Crippen molar-refractivity contribution in [2.75, 3.05) is 13.7 Å². The number of ether oxygens (including phenoxy) is 1. The van der Waals surface area contributed by atoms with E-state index in [0.717, 1.165) is 55.9 Å². The van der Waals surface area contributed by atoms with Crippen LogP contribution in [0.5, 0.6) is 0 Å². The molecule has 1 aliphatic rings. The zero-order valence-electron chi connectivity index (χ0n) is 19.1. The number of guanidine groups is 1. The molecule has 3 aromatic rings. The van der Waals surface area contributed by atoms with Gasteiger partial charge < -0.3 is 19.9 Å². The van der Waals surface area contributed by atoms with Crippen molar-refractivity contribution in [3.8, 4) is 0 Å². The molecule has 0 fully saturated rings. The summed E-state index contributed by atoms with van der Waals surface area (Å²) in [7, 11) is 1.66. The number of aromatic nitrogens is 5. The van der Waals surface area contributed by atoms with E-state index in [1.165, 1.54) is 11.1 Å². The lowest BCUT2D eigenvalue weighted by Gasteiger charge is -2.25. The van der Waals surface area contributed by atoms with Gasteiger partial charge in [-0.3, -0.25) is 0 Å². The van der Waals surface area contributed by atoms with Crippen LogP contribution in [0, 0.1) is 6.92 Å². The van der Waals surface area contributed by atoms with Crippen LogP contribution in [0.3, 0.4) is 0 Å². The highest BCUT2D eigenvalue weighted by atomic mass is 16.5. The molecule has 0 bridgehead atoms. The maximum absolute atomic E-state index is 5.16. The first-order valence-corrected chi connectivity index (χ1v) is 11.2. The lowest BCUT2D eigenvalue weighted by Crippen LogP contribution is -2.47. The van der Waals surface area contributed by atoms with Gasteiger partial charge in [-0.05, 0) is 31.4 Å². The number of benzene rings is 1. The van der Waals surface area contributed by atoms with Crippen LogP contribution in [0.25, 0.3) is 0 Å². The molecule has 0 amide bonds. The third-order valence-electron chi connectivity index (χ3n) is 5.55. The highest BCUT2D eigenvalue weighted by molar-refractivity contribution is 5.80. The van der Waals surface area contributed by atoms with Crippen LogP contribution in [0.4, 0.5) is 0 Å². The van der Waals surface area contributed by atoms with Gasteiger partial charge in [0.2, 0.25) is 0 Å². The highest BCUT2D eigenvalue weighted by Crippen LogP contribution is 2.14. The van der Waals surface area contributed by atoms with E-state index in [-0.39, 0.29) is 6.04 Å². The van der Waals surface area contributed by atoms with Crippen molar-refractivity contribution in [2.24, 2.45) is 4.99 Å². The Morgan fingerprint density at radius 1 is 1.31 bits per heavy atom. The molecule has 0 radical (unpaired) electrons. The molecule has 3 heterocycles. The summed E-state index contributed by atoms with van der Waals surface area (Å²) in [6.07, 6.45) is 5.73. The van der Waals surface area contributed by atoms with E-state index in [4.69, 9.17) is 9.73 Å². The number of imidazole rings is 1. The molecule has 2 N–H and O–H groups in total. The minimum atomic E-state index is 0.257. The Labute approximate surface area is 188 Å². The second kappa shape index (κ2) is 10.4. The number of hydrogen-bond donors (Lipinski definition) is 2. The van der Waals surface area contributed by atoms with Gasteiger partial charge in [0.05, 0.1) is 13.1 Å². The third kappa shape index (κ3) is 5.53. The van der Waals surface area contributed by atoms with E-state index < -0.39 is 0 Å². The predicted octanol–water partition coefficient (Wildman–Crippen LogP) is 2.05. The first-order chi connectivity index (χ1) is 15.6. The largest absolute Gasteiger partial charge is 0.377 e. The average Bonchev–Trinajstić information content (AvgIpc) is 3.38. The standard InChI is InChI=1S/C23H32N8O/c1-4-24-23(27-20-8-9-22-28-21(16-32-3)29-31(22)15-20)26-13-18-6-5-7-19(12-18)14-30-11-10-25-17(30)2/h5-7,10-12,20H,4,8-9,13-16H2,1-3H3,(H2,24,26,27). The van der Waals surface area contributed by atoms with Gasteiger partial charge in [0, 0.05) is 45.1 Å². The van der Waals surface area contributed by atoms with Crippen molar-refractivity contribution < 1.29 is 4.74 Å². The number of aryl methyl sites for hydroxylation is 2. The van der Waals surface area contributed by atoms with Gasteiger partial charge in [0.15, 0.2) is 11.8 Å². The zero-order chi connectivity index (χ0) is 22.3. The van der Waals surface area contributed by atoms with Gasteiger partial charge in [0.25, 0.3) is 0 Å². The van der Waals surface area contributed by atoms with Gasteiger partial charge in [-0.2, -0.15) is 5.10 Å². The topological polar surface area (TPSA) is 94.2 Å². The number of aliphatic imine (C=N–C) groups is 1. The van der Waals surface area contributed by atoms with Gasteiger partial charge >= 0.3 is 0 Å². The molecule has 32 heavy (non-hydrogen) atoms. The number of rotatable bonds is 8. The van der Waals surface area contributed by atoms with Crippen molar-refractivity contribution in [2.45, 2.75) is 59.0 Å². The first kappa shape index (κ1) is 22.0. The summed E-state index contributed by atoms with van der Waals surface area (Å²) < 4.78 is 9.29. The molecule has 2 aromatic heterocycles. The summed E-state index contributed by atoms with van der Waals surface area (Å²) in [5.41, 5.74) is 2.43. The normalized spacial score (nSPS) is 16.1. The molecule has 0 saturated heterocycles. The molecular formula is C23H32N8O. The first-order valence-electron chi connectivity index (χ1n) is 11.2. The minimum Gasteiger partial charge on any atom is -0.377 e.